The highest BCUT2D eigenvalue weighted by Crippen LogP contribution is 2.29. The van der Waals surface area contributed by atoms with Crippen molar-refractivity contribution >= 4 is 10.8 Å². The molecule has 0 radical (unpaired) electrons. The first-order valence-corrected chi connectivity index (χ1v) is 10.0. The first-order valence-electron chi connectivity index (χ1n) is 10.0. The summed E-state index contributed by atoms with van der Waals surface area (Å²) in [7, 11) is 0. The predicted octanol–water partition coefficient (Wildman–Crippen LogP) is 6.03. The fourth-order valence-electron chi connectivity index (χ4n) is 3.47. The third-order valence-electron chi connectivity index (χ3n) is 5.11. The van der Waals surface area contributed by atoms with Crippen molar-refractivity contribution < 1.29 is 13.5 Å². The first-order chi connectivity index (χ1) is 14.7. The number of fused-ring (bicyclic) bond motifs is 1. The lowest BCUT2D eigenvalue weighted by Crippen LogP contribution is -2.17. The molecule has 0 aliphatic rings. The van der Waals surface area contributed by atoms with E-state index < -0.39 is 0 Å². The molecule has 0 amide bonds. The maximum Gasteiger partial charge on any atom is 0.124 e. The molecule has 0 heterocycles. The van der Waals surface area contributed by atoms with Gasteiger partial charge in [-0.15, -0.1) is 0 Å². The number of halogens is 2. The minimum atomic E-state index is -0.254. The number of hydrogen-bond acceptors (Lipinski definition) is 2. The van der Waals surface area contributed by atoms with E-state index in [4.69, 9.17) is 4.74 Å². The highest BCUT2D eigenvalue weighted by Gasteiger charge is 2.09. The van der Waals surface area contributed by atoms with Crippen LogP contribution in [0.5, 0.6) is 5.75 Å². The van der Waals surface area contributed by atoms with Crippen molar-refractivity contribution in [3.63, 3.8) is 0 Å². The number of ether oxygens (including phenoxy) is 1. The Labute approximate surface area is 175 Å². The second-order valence-corrected chi connectivity index (χ2v) is 7.23. The van der Waals surface area contributed by atoms with Gasteiger partial charge in [0.25, 0.3) is 0 Å². The zero-order valence-electron chi connectivity index (χ0n) is 16.6. The van der Waals surface area contributed by atoms with Gasteiger partial charge in [0.2, 0.25) is 0 Å². The summed E-state index contributed by atoms with van der Waals surface area (Å²) >= 11 is 0. The summed E-state index contributed by atoms with van der Waals surface area (Å²) in [5.41, 5.74) is 3.10. The summed E-state index contributed by atoms with van der Waals surface area (Å²) in [5, 5.41) is 5.78. The van der Waals surface area contributed by atoms with E-state index in [2.05, 4.69) is 23.5 Å². The zero-order chi connectivity index (χ0) is 20.8. The minimum absolute atomic E-state index is 0.217. The lowest BCUT2D eigenvalue weighted by atomic mass is 10.0. The summed E-state index contributed by atoms with van der Waals surface area (Å²) in [4.78, 5) is 0. The van der Waals surface area contributed by atoms with Crippen LogP contribution in [0.4, 0.5) is 8.78 Å². The van der Waals surface area contributed by atoms with Crippen molar-refractivity contribution in [2.45, 2.75) is 19.6 Å². The molecule has 4 aromatic carbocycles. The molecular weight excluding hydrogens is 380 g/mol. The van der Waals surface area contributed by atoms with Crippen LogP contribution < -0.4 is 10.1 Å². The molecule has 0 aromatic heterocycles. The van der Waals surface area contributed by atoms with E-state index in [0.717, 1.165) is 46.2 Å². The second kappa shape index (κ2) is 9.51. The number of benzene rings is 4. The maximum absolute atomic E-state index is 13.1. The van der Waals surface area contributed by atoms with Crippen LogP contribution in [-0.2, 0) is 19.6 Å². The fraction of sp³-hybridized carbons (Fsp3) is 0.154. The molecule has 4 aromatic rings. The average Bonchev–Trinajstić information content (AvgIpc) is 2.78. The van der Waals surface area contributed by atoms with Crippen molar-refractivity contribution in [1.82, 2.24) is 5.32 Å². The van der Waals surface area contributed by atoms with E-state index in [1.165, 1.54) is 24.3 Å². The van der Waals surface area contributed by atoms with Crippen LogP contribution in [0.1, 0.15) is 16.7 Å². The highest BCUT2D eigenvalue weighted by molar-refractivity contribution is 5.87. The van der Waals surface area contributed by atoms with Crippen molar-refractivity contribution in [1.29, 1.82) is 0 Å². The average molecular weight is 403 g/mol. The Morgan fingerprint density at radius 1 is 0.700 bits per heavy atom. The highest BCUT2D eigenvalue weighted by atomic mass is 19.1. The summed E-state index contributed by atoms with van der Waals surface area (Å²) in [5.74, 6) is 0.341. The van der Waals surface area contributed by atoms with Crippen molar-refractivity contribution in [3.8, 4) is 5.75 Å². The van der Waals surface area contributed by atoms with Crippen LogP contribution in [0.25, 0.3) is 10.8 Å². The smallest absolute Gasteiger partial charge is 0.124 e. The fourth-order valence-corrected chi connectivity index (χ4v) is 3.47. The molecule has 0 saturated heterocycles. The van der Waals surface area contributed by atoms with Gasteiger partial charge in [0, 0.05) is 12.1 Å². The van der Waals surface area contributed by atoms with E-state index in [9.17, 15) is 8.78 Å². The van der Waals surface area contributed by atoms with Crippen molar-refractivity contribution in [2.75, 3.05) is 6.54 Å². The molecule has 0 aliphatic carbocycles. The van der Waals surface area contributed by atoms with Gasteiger partial charge in [-0.1, -0.05) is 54.6 Å². The molecule has 152 valence electrons. The number of nitrogens with one attached hydrogen (secondary N) is 1. The number of hydrogen-bond donors (Lipinski definition) is 1. The molecule has 0 bridgehead atoms. The van der Waals surface area contributed by atoms with E-state index in [0.29, 0.717) is 13.2 Å². The molecule has 0 aliphatic heterocycles. The third kappa shape index (κ3) is 5.02. The second-order valence-electron chi connectivity index (χ2n) is 7.23. The van der Waals surface area contributed by atoms with Crippen LogP contribution in [0.15, 0.2) is 84.9 Å². The van der Waals surface area contributed by atoms with Crippen LogP contribution in [0.2, 0.25) is 0 Å². The standard InChI is InChI=1S/C26H23F2NO/c27-22-10-5-19(6-11-22)15-16-29-17-25-24-4-2-1-3-21(24)9-14-26(25)30-18-20-7-12-23(28)13-8-20/h1-14,29H,15-18H2. The Bertz CT molecular complexity index is 1110. The molecule has 2 nitrogen and oxygen atoms in total. The Morgan fingerprint density at radius 2 is 1.37 bits per heavy atom. The summed E-state index contributed by atoms with van der Waals surface area (Å²) < 4.78 is 32.3. The SMILES string of the molecule is Fc1ccc(CCNCc2c(OCc3ccc(F)cc3)ccc3ccccc23)cc1. The summed E-state index contributed by atoms with van der Waals surface area (Å²) in [6.07, 6.45) is 0.816. The molecule has 30 heavy (non-hydrogen) atoms. The molecule has 0 unspecified atom stereocenters. The third-order valence-corrected chi connectivity index (χ3v) is 5.11. The Kier molecular flexibility index (Phi) is 6.35. The van der Waals surface area contributed by atoms with Gasteiger partial charge in [-0.2, -0.15) is 0 Å². The summed E-state index contributed by atoms with van der Waals surface area (Å²) in [6.45, 7) is 1.80. The normalized spacial score (nSPS) is 11.0. The lowest BCUT2D eigenvalue weighted by molar-refractivity contribution is 0.302. The van der Waals surface area contributed by atoms with Gasteiger partial charge >= 0.3 is 0 Å². The van der Waals surface area contributed by atoms with Gasteiger partial charge in [0.1, 0.15) is 24.0 Å². The molecule has 1 N–H and O–H groups in total. The topological polar surface area (TPSA) is 21.3 Å². The van der Waals surface area contributed by atoms with Crippen molar-refractivity contribution in [3.05, 3.63) is 113 Å². The van der Waals surface area contributed by atoms with Crippen LogP contribution >= 0.6 is 0 Å². The molecular formula is C26H23F2NO. The Morgan fingerprint density at radius 3 is 2.10 bits per heavy atom. The number of rotatable bonds is 8. The van der Waals surface area contributed by atoms with Gasteiger partial charge in [-0.05, 0) is 65.2 Å². The molecule has 0 spiro atoms. The van der Waals surface area contributed by atoms with Gasteiger partial charge < -0.3 is 10.1 Å². The minimum Gasteiger partial charge on any atom is -0.489 e. The van der Waals surface area contributed by atoms with E-state index >= 15 is 0 Å². The van der Waals surface area contributed by atoms with Crippen LogP contribution in [0, 0.1) is 11.6 Å². The zero-order valence-corrected chi connectivity index (χ0v) is 16.6. The van der Waals surface area contributed by atoms with Crippen molar-refractivity contribution in [2.24, 2.45) is 0 Å². The molecule has 0 fully saturated rings. The maximum atomic E-state index is 13.1. The largest absolute Gasteiger partial charge is 0.489 e. The first kappa shape index (κ1) is 20.0. The molecule has 4 heteroatoms. The van der Waals surface area contributed by atoms with Gasteiger partial charge in [0.15, 0.2) is 0 Å². The molecule has 0 saturated carbocycles. The van der Waals surface area contributed by atoms with Gasteiger partial charge in [-0.25, -0.2) is 8.78 Å². The van der Waals surface area contributed by atoms with Crippen LogP contribution in [-0.4, -0.2) is 6.54 Å². The van der Waals surface area contributed by atoms with Gasteiger partial charge in [-0.3, -0.25) is 0 Å². The predicted molar refractivity (Wildman–Crippen MR) is 116 cm³/mol. The van der Waals surface area contributed by atoms with E-state index in [-0.39, 0.29) is 11.6 Å². The van der Waals surface area contributed by atoms with Crippen LogP contribution in [0.3, 0.4) is 0 Å². The lowest BCUT2D eigenvalue weighted by Gasteiger charge is -2.15. The monoisotopic (exact) mass is 403 g/mol. The van der Waals surface area contributed by atoms with E-state index in [1.54, 1.807) is 12.1 Å². The molecule has 0 atom stereocenters. The Hall–Kier alpha value is -3.24. The van der Waals surface area contributed by atoms with Gasteiger partial charge in [0.05, 0.1) is 0 Å². The Balaban J connectivity index is 1.47. The van der Waals surface area contributed by atoms with E-state index in [1.807, 2.05) is 30.3 Å². The summed E-state index contributed by atoms with van der Waals surface area (Å²) in [6, 6.07) is 25.2. The quantitative estimate of drug-likeness (QED) is 0.363. The molecule has 4 rings (SSSR count).